The van der Waals surface area contributed by atoms with Gasteiger partial charge in [0.2, 0.25) is 6.41 Å². The molecule has 0 spiro atoms. The second-order valence-electron chi connectivity index (χ2n) is 6.18. The maximum absolute atomic E-state index is 12.7. The van der Waals surface area contributed by atoms with Crippen molar-refractivity contribution in [3.8, 4) is 11.4 Å². The van der Waals surface area contributed by atoms with Crippen LogP contribution in [0.2, 0.25) is 0 Å². The lowest BCUT2D eigenvalue weighted by atomic mass is 10.1. The lowest BCUT2D eigenvalue weighted by Crippen LogP contribution is -2.19. The Balaban J connectivity index is 0.000000298. The summed E-state index contributed by atoms with van der Waals surface area (Å²) in [6, 6.07) is 5.36. The molecule has 3 aromatic rings. The number of aromatic nitrogens is 5. The third-order valence-corrected chi connectivity index (χ3v) is 4.22. The van der Waals surface area contributed by atoms with Crippen molar-refractivity contribution in [1.82, 2.24) is 25.1 Å². The minimum atomic E-state index is -0.478. The van der Waals surface area contributed by atoms with Crippen LogP contribution in [0.5, 0.6) is 0 Å². The van der Waals surface area contributed by atoms with E-state index in [2.05, 4.69) is 35.4 Å². The van der Waals surface area contributed by atoms with Crippen LogP contribution in [0.25, 0.3) is 11.4 Å². The fourth-order valence-corrected chi connectivity index (χ4v) is 2.80. The number of benzene rings is 1. The van der Waals surface area contributed by atoms with Crippen LogP contribution in [0.4, 0.5) is 15.9 Å². The topological polar surface area (TPSA) is 96.8 Å². The van der Waals surface area contributed by atoms with E-state index < -0.39 is 5.82 Å². The molecule has 8 nitrogen and oxygen atoms in total. The molecule has 9 heteroatoms. The molecule has 3 heterocycles. The summed E-state index contributed by atoms with van der Waals surface area (Å²) in [7, 11) is 0. The molecule has 1 aliphatic rings. The predicted molar refractivity (Wildman–Crippen MR) is 117 cm³/mol. The second-order valence-corrected chi connectivity index (χ2v) is 6.18. The molecule has 1 saturated heterocycles. The van der Waals surface area contributed by atoms with E-state index in [-0.39, 0.29) is 1.43 Å². The fourth-order valence-electron chi connectivity index (χ4n) is 2.80. The number of nitrogens with zero attached hydrogens (tertiary/aromatic N) is 6. The van der Waals surface area contributed by atoms with Crippen molar-refractivity contribution in [1.29, 1.82) is 0 Å². The van der Waals surface area contributed by atoms with Crippen LogP contribution in [0.15, 0.2) is 43.1 Å². The maximum atomic E-state index is 12.7. The summed E-state index contributed by atoms with van der Waals surface area (Å²) in [5.41, 5.74) is 2.36. The first-order valence-corrected chi connectivity index (χ1v) is 9.84. The molecule has 0 radical (unpaired) electrons. The normalized spacial score (nSPS) is 12.2. The number of amides is 1. The zero-order chi connectivity index (χ0) is 21.8. The number of anilines is 2. The molecule has 30 heavy (non-hydrogen) atoms. The molecular weight excluding hydrogens is 385 g/mol. The van der Waals surface area contributed by atoms with Crippen molar-refractivity contribution in [2.24, 2.45) is 0 Å². The Bertz CT molecular complexity index is 907. The van der Waals surface area contributed by atoms with Crippen LogP contribution < -0.4 is 10.2 Å². The van der Waals surface area contributed by atoms with Crippen molar-refractivity contribution >= 4 is 17.9 Å². The zero-order valence-corrected chi connectivity index (χ0v) is 17.4. The summed E-state index contributed by atoms with van der Waals surface area (Å²) < 4.78 is 12.7. The molecule has 0 aliphatic carbocycles. The monoisotopic (exact) mass is 413 g/mol. The van der Waals surface area contributed by atoms with Gasteiger partial charge in [-0.2, -0.15) is 0 Å². The van der Waals surface area contributed by atoms with E-state index in [0.29, 0.717) is 17.9 Å². The Morgan fingerprint density at radius 2 is 1.83 bits per heavy atom. The Labute approximate surface area is 177 Å². The molecule has 160 valence electrons. The first-order valence-electron chi connectivity index (χ1n) is 9.84. The molecule has 1 aromatic carbocycles. The standard InChI is InChI=1S/C12H10FN3O.C7H10N4.C2H6.H2/c1-8-2-3-10(16-7-17)4-11(8)12-14-5-9(13)6-15-12;1-2-4-11(3-1)7-5-8-6-9-10-7;1-2;/h2-7H,1H3,(H,16,17);5-6H,1-4H2;1-2H3;1H. The van der Waals surface area contributed by atoms with E-state index in [1.165, 1.54) is 19.2 Å². The van der Waals surface area contributed by atoms with Crippen molar-refractivity contribution in [3.05, 3.63) is 54.5 Å². The van der Waals surface area contributed by atoms with Gasteiger partial charge >= 0.3 is 0 Å². The summed E-state index contributed by atoms with van der Waals surface area (Å²) >= 11 is 0. The van der Waals surface area contributed by atoms with E-state index in [1.54, 1.807) is 18.3 Å². The molecule has 4 rings (SSSR count). The Morgan fingerprint density at radius 3 is 2.43 bits per heavy atom. The number of rotatable bonds is 4. The highest BCUT2D eigenvalue weighted by molar-refractivity contribution is 5.75. The first kappa shape index (κ1) is 22.8. The summed E-state index contributed by atoms with van der Waals surface area (Å²) in [5.74, 6) is 0.858. The van der Waals surface area contributed by atoms with Gasteiger partial charge in [-0.1, -0.05) is 19.9 Å². The summed E-state index contributed by atoms with van der Waals surface area (Å²) in [5, 5.41) is 10.2. The van der Waals surface area contributed by atoms with Gasteiger partial charge in [-0.3, -0.25) is 4.79 Å². The van der Waals surface area contributed by atoms with Crippen molar-refractivity contribution in [2.45, 2.75) is 33.6 Å². The van der Waals surface area contributed by atoms with E-state index in [0.717, 1.165) is 42.4 Å². The van der Waals surface area contributed by atoms with Crippen LogP contribution in [-0.4, -0.2) is 44.6 Å². The molecule has 1 N–H and O–H groups in total. The van der Waals surface area contributed by atoms with Crippen LogP contribution in [0, 0.1) is 12.7 Å². The largest absolute Gasteiger partial charge is 0.354 e. The number of halogens is 1. The number of aryl methyl sites for hydroxylation is 1. The van der Waals surface area contributed by atoms with Gasteiger partial charge in [0.1, 0.15) is 6.33 Å². The van der Waals surface area contributed by atoms with Crippen molar-refractivity contribution < 1.29 is 10.6 Å². The lowest BCUT2D eigenvalue weighted by Gasteiger charge is -2.13. The zero-order valence-electron chi connectivity index (χ0n) is 17.4. The van der Waals surface area contributed by atoms with E-state index in [9.17, 15) is 9.18 Å². The quantitative estimate of drug-likeness (QED) is 0.648. The Morgan fingerprint density at radius 1 is 1.13 bits per heavy atom. The molecule has 0 bridgehead atoms. The van der Waals surface area contributed by atoms with Gasteiger partial charge in [0.25, 0.3) is 0 Å². The Hall–Kier alpha value is -3.49. The van der Waals surface area contributed by atoms with Crippen LogP contribution in [0.3, 0.4) is 0 Å². The van der Waals surface area contributed by atoms with Gasteiger partial charge in [-0.25, -0.2) is 19.3 Å². The van der Waals surface area contributed by atoms with Gasteiger partial charge in [-0.05, 0) is 37.5 Å². The number of hydrogen-bond donors (Lipinski definition) is 1. The highest BCUT2D eigenvalue weighted by atomic mass is 19.1. The average molecular weight is 414 g/mol. The third-order valence-electron chi connectivity index (χ3n) is 4.22. The molecular formula is C21H28FN7O. The molecule has 2 aromatic heterocycles. The number of carbonyl (C=O) groups excluding carboxylic acids is 1. The van der Waals surface area contributed by atoms with E-state index in [4.69, 9.17) is 0 Å². The van der Waals surface area contributed by atoms with E-state index in [1.807, 2.05) is 26.8 Å². The maximum Gasteiger partial charge on any atom is 0.211 e. The number of hydrogen-bond acceptors (Lipinski definition) is 7. The minimum absolute atomic E-state index is 0. The highest BCUT2D eigenvalue weighted by Crippen LogP contribution is 2.23. The van der Waals surface area contributed by atoms with E-state index >= 15 is 0 Å². The number of nitrogens with one attached hydrogen (secondary N) is 1. The lowest BCUT2D eigenvalue weighted by molar-refractivity contribution is -0.105. The molecule has 0 unspecified atom stereocenters. The third kappa shape index (κ3) is 6.54. The Kier molecular flexibility index (Phi) is 9.23. The van der Waals surface area contributed by atoms with Gasteiger partial charge in [0.05, 0.1) is 18.6 Å². The van der Waals surface area contributed by atoms with Crippen LogP contribution in [-0.2, 0) is 4.79 Å². The molecule has 1 aliphatic heterocycles. The summed E-state index contributed by atoms with van der Waals surface area (Å²) in [4.78, 5) is 24.3. The van der Waals surface area contributed by atoms with Crippen molar-refractivity contribution in [3.63, 3.8) is 0 Å². The van der Waals surface area contributed by atoms with Gasteiger partial charge in [-0.15, -0.1) is 10.2 Å². The van der Waals surface area contributed by atoms with Gasteiger partial charge < -0.3 is 10.2 Å². The van der Waals surface area contributed by atoms with Crippen LogP contribution >= 0.6 is 0 Å². The average Bonchev–Trinajstić information content (AvgIpc) is 3.34. The van der Waals surface area contributed by atoms with Gasteiger partial charge in [0, 0.05) is 25.8 Å². The second kappa shape index (κ2) is 12.2. The molecule has 0 atom stereocenters. The highest BCUT2D eigenvalue weighted by Gasteiger charge is 2.13. The minimum Gasteiger partial charge on any atom is -0.354 e. The summed E-state index contributed by atoms with van der Waals surface area (Å²) in [6.45, 7) is 8.09. The van der Waals surface area contributed by atoms with Crippen molar-refractivity contribution in [2.75, 3.05) is 23.3 Å². The predicted octanol–water partition coefficient (Wildman–Crippen LogP) is 3.90. The molecule has 1 fully saturated rings. The summed E-state index contributed by atoms with van der Waals surface area (Å²) in [6.07, 6.45) is 8.56. The van der Waals surface area contributed by atoms with Gasteiger partial charge in [0.15, 0.2) is 17.5 Å². The molecule has 1 amide bonds. The van der Waals surface area contributed by atoms with Crippen LogP contribution in [0.1, 0.15) is 33.7 Å². The smallest absolute Gasteiger partial charge is 0.211 e. The first-order chi connectivity index (χ1) is 14.7. The fraction of sp³-hybridized carbons (Fsp3) is 0.333. The number of carbonyl (C=O) groups is 1. The molecule has 0 saturated carbocycles. The SMILES string of the molecule is CC.Cc1ccc(NC=O)cc1-c1ncc(F)cn1.[HH].c1ncc(N2CCCC2)nn1.